The molecule has 1 nitrogen and oxygen atoms in total. The van der Waals surface area contributed by atoms with Gasteiger partial charge in [0.15, 0.2) is 0 Å². The Hall–Kier alpha value is 0.310. The van der Waals surface area contributed by atoms with Gasteiger partial charge >= 0.3 is 0 Å². The van der Waals surface area contributed by atoms with Crippen molar-refractivity contribution in [2.24, 2.45) is 5.92 Å². The van der Waals surface area contributed by atoms with Gasteiger partial charge in [-0.05, 0) is 11.7 Å². The number of rotatable bonds is 6. The highest BCUT2D eigenvalue weighted by Crippen LogP contribution is 2.10. The van der Waals surface area contributed by atoms with Gasteiger partial charge in [-0.3, -0.25) is 0 Å². The fourth-order valence-corrected chi connectivity index (χ4v) is 2.08. The van der Waals surface area contributed by atoms with Gasteiger partial charge in [-0.15, -0.1) is 0 Å². The Bertz CT molecular complexity index is 102. The average Bonchev–Trinajstić information content (AvgIpc) is 1.96. The standard InChI is InChI=1S/C10H23NS/c1-6-12-7-10(8(2)3)11-9(4)5/h8-11H,6-7H2,1-5H3. The Kier molecular flexibility index (Phi) is 6.96. The van der Waals surface area contributed by atoms with Crippen LogP contribution < -0.4 is 5.32 Å². The maximum Gasteiger partial charge on any atom is 0.0183 e. The van der Waals surface area contributed by atoms with Crippen LogP contribution in [0.25, 0.3) is 0 Å². The number of hydrogen-bond acceptors (Lipinski definition) is 2. The van der Waals surface area contributed by atoms with E-state index in [4.69, 9.17) is 0 Å². The normalized spacial score (nSPS) is 14.2. The first-order valence-corrected chi connectivity index (χ1v) is 6.07. The van der Waals surface area contributed by atoms with E-state index in [-0.39, 0.29) is 0 Å². The lowest BCUT2D eigenvalue weighted by atomic mass is 10.1. The second-order valence-corrected chi connectivity index (χ2v) is 5.15. The van der Waals surface area contributed by atoms with Crippen LogP contribution >= 0.6 is 11.8 Å². The quantitative estimate of drug-likeness (QED) is 0.689. The lowest BCUT2D eigenvalue weighted by Crippen LogP contribution is -2.40. The number of hydrogen-bond donors (Lipinski definition) is 1. The molecule has 12 heavy (non-hydrogen) atoms. The first-order valence-electron chi connectivity index (χ1n) is 4.91. The van der Waals surface area contributed by atoms with Crippen LogP contribution in [0.5, 0.6) is 0 Å². The zero-order valence-corrected chi connectivity index (χ0v) is 9.87. The summed E-state index contributed by atoms with van der Waals surface area (Å²) in [6.07, 6.45) is 0. The molecular formula is C10H23NS. The second-order valence-electron chi connectivity index (χ2n) is 3.83. The lowest BCUT2D eigenvalue weighted by Gasteiger charge is -2.24. The van der Waals surface area contributed by atoms with Crippen molar-refractivity contribution in [3.8, 4) is 0 Å². The van der Waals surface area contributed by atoms with E-state index in [9.17, 15) is 0 Å². The summed E-state index contributed by atoms with van der Waals surface area (Å²) in [5.74, 6) is 3.21. The third-order valence-electron chi connectivity index (χ3n) is 1.85. The largest absolute Gasteiger partial charge is 0.311 e. The first-order chi connectivity index (χ1) is 5.57. The minimum atomic E-state index is 0.606. The van der Waals surface area contributed by atoms with E-state index in [0.29, 0.717) is 12.1 Å². The van der Waals surface area contributed by atoms with Gasteiger partial charge < -0.3 is 5.32 Å². The van der Waals surface area contributed by atoms with Crippen molar-refractivity contribution in [3.05, 3.63) is 0 Å². The fraction of sp³-hybridized carbons (Fsp3) is 1.00. The highest BCUT2D eigenvalue weighted by Gasteiger charge is 2.12. The van der Waals surface area contributed by atoms with Crippen LogP contribution in [0.3, 0.4) is 0 Å². The number of thioether (sulfide) groups is 1. The SMILES string of the molecule is CCSCC(NC(C)C)C(C)C. The fourth-order valence-electron chi connectivity index (χ4n) is 1.11. The Morgan fingerprint density at radius 1 is 1.17 bits per heavy atom. The summed E-state index contributed by atoms with van der Waals surface area (Å²) in [6, 6.07) is 1.28. The van der Waals surface area contributed by atoms with Crippen molar-refractivity contribution in [2.45, 2.75) is 46.7 Å². The molecule has 0 aromatic heterocycles. The zero-order valence-electron chi connectivity index (χ0n) is 9.05. The molecule has 0 radical (unpaired) electrons. The van der Waals surface area contributed by atoms with E-state index in [2.05, 4.69) is 39.9 Å². The molecule has 74 valence electrons. The first kappa shape index (κ1) is 12.3. The molecule has 0 spiro atoms. The molecular weight excluding hydrogens is 166 g/mol. The maximum absolute atomic E-state index is 3.59. The van der Waals surface area contributed by atoms with Gasteiger partial charge in [-0.2, -0.15) is 11.8 Å². The van der Waals surface area contributed by atoms with Crippen LogP contribution in [0, 0.1) is 5.92 Å². The van der Waals surface area contributed by atoms with Gasteiger partial charge in [0.2, 0.25) is 0 Å². The van der Waals surface area contributed by atoms with E-state index in [1.807, 2.05) is 11.8 Å². The summed E-state index contributed by atoms with van der Waals surface area (Å²) in [6.45, 7) is 11.2. The third kappa shape index (κ3) is 5.90. The summed E-state index contributed by atoms with van der Waals surface area (Å²) < 4.78 is 0. The van der Waals surface area contributed by atoms with Gasteiger partial charge in [-0.25, -0.2) is 0 Å². The molecule has 0 amide bonds. The summed E-state index contributed by atoms with van der Waals surface area (Å²) in [7, 11) is 0. The summed E-state index contributed by atoms with van der Waals surface area (Å²) in [5.41, 5.74) is 0. The molecule has 0 aromatic carbocycles. The monoisotopic (exact) mass is 189 g/mol. The molecule has 0 fully saturated rings. The van der Waals surface area contributed by atoms with Crippen molar-refractivity contribution < 1.29 is 0 Å². The van der Waals surface area contributed by atoms with Crippen LogP contribution in [0.4, 0.5) is 0 Å². The van der Waals surface area contributed by atoms with Gasteiger partial charge in [-0.1, -0.05) is 34.6 Å². The molecule has 0 aliphatic carbocycles. The van der Waals surface area contributed by atoms with Crippen molar-refractivity contribution in [2.75, 3.05) is 11.5 Å². The predicted octanol–water partition coefficient (Wildman–Crippen LogP) is 2.76. The topological polar surface area (TPSA) is 12.0 Å². The van der Waals surface area contributed by atoms with Gasteiger partial charge in [0.25, 0.3) is 0 Å². The minimum Gasteiger partial charge on any atom is -0.311 e. The minimum absolute atomic E-state index is 0.606. The van der Waals surface area contributed by atoms with E-state index >= 15 is 0 Å². The molecule has 0 bridgehead atoms. The van der Waals surface area contributed by atoms with Crippen LogP contribution in [-0.4, -0.2) is 23.6 Å². The molecule has 0 heterocycles. The van der Waals surface area contributed by atoms with Gasteiger partial charge in [0.05, 0.1) is 0 Å². The molecule has 0 aromatic rings. The van der Waals surface area contributed by atoms with Crippen molar-refractivity contribution in [3.63, 3.8) is 0 Å². The highest BCUT2D eigenvalue weighted by atomic mass is 32.2. The van der Waals surface area contributed by atoms with Crippen molar-refractivity contribution in [1.82, 2.24) is 5.32 Å². The molecule has 1 atom stereocenters. The van der Waals surface area contributed by atoms with Crippen LogP contribution in [0.15, 0.2) is 0 Å². The zero-order chi connectivity index (χ0) is 9.56. The molecule has 1 N–H and O–H groups in total. The molecule has 1 unspecified atom stereocenters. The Labute approximate surface area is 81.7 Å². The van der Waals surface area contributed by atoms with Crippen LogP contribution in [0.1, 0.15) is 34.6 Å². The van der Waals surface area contributed by atoms with E-state index in [1.165, 1.54) is 11.5 Å². The maximum atomic E-state index is 3.59. The van der Waals surface area contributed by atoms with E-state index < -0.39 is 0 Å². The van der Waals surface area contributed by atoms with Gasteiger partial charge in [0, 0.05) is 17.8 Å². The second kappa shape index (κ2) is 6.79. The summed E-state index contributed by atoms with van der Waals surface area (Å²) in [4.78, 5) is 0. The van der Waals surface area contributed by atoms with E-state index in [0.717, 1.165) is 5.92 Å². The Morgan fingerprint density at radius 2 is 1.75 bits per heavy atom. The molecule has 2 heteroatoms. The van der Waals surface area contributed by atoms with Crippen LogP contribution in [0.2, 0.25) is 0 Å². The lowest BCUT2D eigenvalue weighted by molar-refractivity contribution is 0.401. The molecule has 0 aliphatic heterocycles. The van der Waals surface area contributed by atoms with Crippen LogP contribution in [-0.2, 0) is 0 Å². The third-order valence-corrected chi connectivity index (χ3v) is 2.86. The Morgan fingerprint density at radius 3 is 2.08 bits per heavy atom. The predicted molar refractivity (Wildman–Crippen MR) is 59.9 cm³/mol. The summed E-state index contributed by atoms with van der Waals surface area (Å²) >= 11 is 2.02. The Balaban J connectivity index is 3.70. The van der Waals surface area contributed by atoms with Gasteiger partial charge in [0.1, 0.15) is 0 Å². The highest BCUT2D eigenvalue weighted by molar-refractivity contribution is 7.99. The van der Waals surface area contributed by atoms with Crippen molar-refractivity contribution >= 4 is 11.8 Å². The smallest absolute Gasteiger partial charge is 0.0183 e. The van der Waals surface area contributed by atoms with Crippen molar-refractivity contribution in [1.29, 1.82) is 0 Å². The molecule has 0 saturated carbocycles. The number of nitrogens with one attached hydrogen (secondary N) is 1. The molecule has 0 rings (SSSR count). The van der Waals surface area contributed by atoms with E-state index in [1.54, 1.807) is 0 Å². The average molecular weight is 189 g/mol. The summed E-state index contributed by atoms with van der Waals surface area (Å²) in [5, 5.41) is 3.59. The molecule has 0 saturated heterocycles. The molecule has 0 aliphatic rings.